The molecule has 0 aliphatic rings. The number of imidazole rings is 1. The lowest BCUT2D eigenvalue weighted by Crippen LogP contribution is -2.36. The fraction of sp³-hybridized carbons (Fsp3) is 0.250. The molecule has 0 aliphatic heterocycles. The van der Waals surface area contributed by atoms with Crippen LogP contribution in [0.25, 0.3) is 11.0 Å². The molecule has 0 atom stereocenters. The number of hydrogen-bond acceptors (Lipinski definition) is 4. The predicted molar refractivity (Wildman–Crippen MR) is 102 cm³/mol. The van der Waals surface area contributed by atoms with Crippen LogP contribution in [0.1, 0.15) is 31.9 Å². The number of nitrogens with one attached hydrogen (secondary N) is 2. The summed E-state index contributed by atoms with van der Waals surface area (Å²) in [6.07, 6.45) is -0.512. The summed E-state index contributed by atoms with van der Waals surface area (Å²) in [4.78, 5) is 31.2. The molecular formula is C20H20N4O3. The zero-order valence-electron chi connectivity index (χ0n) is 15.4. The number of H-pyrrole nitrogens is 2. The lowest BCUT2D eigenvalue weighted by molar-refractivity contribution is 0.0577. The third-order valence-electron chi connectivity index (χ3n) is 3.82. The number of amides is 1. The second-order valence-corrected chi connectivity index (χ2v) is 7.19. The number of rotatable bonds is 3. The first kappa shape index (κ1) is 18.3. The Morgan fingerprint density at radius 3 is 2.59 bits per heavy atom. The number of carbonyl (C=O) groups is 1. The van der Waals surface area contributed by atoms with Gasteiger partial charge in [0.05, 0.1) is 29.2 Å². The maximum Gasteiger partial charge on any atom is 0.415 e. The molecule has 0 radical (unpaired) electrons. The number of hydrogen-bond donors (Lipinski definition) is 2. The van der Waals surface area contributed by atoms with E-state index in [0.29, 0.717) is 22.3 Å². The molecule has 0 bridgehead atoms. The monoisotopic (exact) mass is 364 g/mol. The molecule has 7 heteroatoms. The highest BCUT2D eigenvalue weighted by molar-refractivity contribution is 5.91. The summed E-state index contributed by atoms with van der Waals surface area (Å²) < 4.78 is 5.54. The number of anilines is 1. The van der Waals surface area contributed by atoms with Gasteiger partial charge < -0.3 is 14.7 Å². The molecule has 27 heavy (non-hydrogen) atoms. The minimum absolute atomic E-state index is 0.227. The van der Waals surface area contributed by atoms with Crippen LogP contribution >= 0.6 is 0 Å². The van der Waals surface area contributed by atoms with Gasteiger partial charge in [-0.15, -0.1) is 0 Å². The normalized spacial score (nSPS) is 11.2. The van der Waals surface area contributed by atoms with Crippen molar-refractivity contribution in [3.8, 4) is 6.07 Å². The highest BCUT2D eigenvalue weighted by Gasteiger charge is 2.24. The second-order valence-electron chi connectivity index (χ2n) is 7.19. The Kier molecular flexibility index (Phi) is 4.74. The molecule has 0 unspecified atom stereocenters. The van der Waals surface area contributed by atoms with Crippen LogP contribution < -0.4 is 10.6 Å². The van der Waals surface area contributed by atoms with Crippen molar-refractivity contribution in [3.63, 3.8) is 0 Å². The average Bonchev–Trinajstić information content (AvgIpc) is 2.97. The average molecular weight is 364 g/mol. The van der Waals surface area contributed by atoms with Crippen LogP contribution in [0.5, 0.6) is 0 Å². The van der Waals surface area contributed by atoms with E-state index in [-0.39, 0.29) is 12.2 Å². The summed E-state index contributed by atoms with van der Waals surface area (Å²) in [5.74, 6) is 0. The standard InChI is InChI=1S/C20H20N4O3/c1-20(2,3)27-19(26)24(12-14-6-4-5-13(9-14)11-21)15-7-8-16-17(10-15)23-18(25)22-16/h4-10H,12H2,1-3H3,(H2,22,23,25). The van der Waals surface area contributed by atoms with Gasteiger partial charge in [-0.2, -0.15) is 5.26 Å². The van der Waals surface area contributed by atoms with Gasteiger partial charge in [-0.3, -0.25) is 4.90 Å². The lowest BCUT2D eigenvalue weighted by Gasteiger charge is -2.27. The van der Waals surface area contributed by atoms with E-state index in [9.17, 15) is 9.59 Å². The molecule has 2 N–H and O–H groups in total. The van der Waals surface area contributed by atoms with Gasteiger partial charge >= 0.3 is 11.8 Å². The highest BCUT2D eigenvalue weighted by Crippen LogP contribution is 2.24. The van der Waals surface area contributed by atoms with E-state index in [1.165, 1.54) is 4.90 Å². The first-order valence-electron chi connectivity index (χ1n) is 8.47. The number of fused-ring (bicyclic) bond motifs is 1. The Bertz CT molecular complexity index is 1080. The van der Waals surface area contributed by atoms with Gasteiger partial charge in [0, 0.05) is 5.69 Å². The molecule has 1 heterocycles. The molecule has 7 nitrogen and oxygen atoms in total. The van der Waals surface area contributed by atoms with Gasteiger partial charge in [0.1, 0.15) is 5.60 Å². The van der Waals surface area contributed by atoms with Gasteiger partial charge in [-0.1, -0.05) is 12.1 Å². The number of carbonyl (C=O) groups excluding carboxylic acids is 1. The number of benzene rings is 2. The summed E-state index contributed by atoms with van der Waals surface area (Å²) in [6, 6.07) is 14.3. The van der Waals surface area contributed by atoms with E-state index in [1.807, 2.05) is 6.07 Å². The number of ether oxygens (including phenoxy) is 1. The summed E-state index contributed by atoms with van der Waals surface area (Å²) in [5.41, 5.74) is 2.17. The molecular weight excluding hydrogens is 344 g/mol. The van der Waals surface area contributed by atoms with Crippen LogP contribution in [0.15, 0.2) is 47.3 Å². The third-order valence-corrected chi connectivity index (χ3v) is 3.82. The van der Waals surface area contributed by atoms with Crippen molar-refractivity contribution >= 4 is 22.8 Å². The Morgan fingerprint density at radius 2 is 1.89 bits per heavy atom. The molecule has 2 aromatic carbocycles. The van der Waals surface area contributed by atoms with Crippen LogP contribution in [0.4, 0.5) is 10.5 Å². The molecule has 3 rings (SSSR count). The Labute approximate surface area is 156 Å². The first-order chi connectivity index (χ1) is 12.7. The first-order valence-corrected chi connectivity index (χ1v) is 8.47. The Morgan fingerprint density at radius 1 is 1.15 bits per heavy atom. The molecule has 1 aromatic heterocycles. The van der Waals surface area contributed by atoms with Crippen LogP contribution in [-0.2, 0) is 11.3 Å². The van der Waals surface area contributed by atoms with Crippen LogP contribution in [0.2, 0.25) is 0 Å². The number of nitriles is 1. The summed E-state index contributed by atoms with van der Waals surface area (Å²) in [5, 5.41) is 9.10. The van der Waals surface area contributed by atoms with E-state index in [4.69, 9.17) is 10.00 Å². The zero-order chi connectivity index (χ0) is 19.6. The third kappa shape index (κ3) is 4.36. The quantitative estimate of drug-likeness (QED) is 0.740. The lowest BCUT2D eigenvalue weighted by atomic mass is 10.1. The van der Waals surface area contributed by atoms with Crippen molar-refractivity contribution in [2.24, 2.45) is 0 Å². The van der Waals surface area contributed by atoms with Crippen molar-refractivity contribution in [1.82, 2.24) is 9.97 Å². The fourth-order valence-electron chi connectivity index (χ4n) is 2.69. The molecule has 0 saturated carbocycles. The zero-order valence-corrected chi connectivity index (χ0v) is 15.4. The van der Waals surface area contributed by atoms with E-state index in [2.05, 4.69) is 16.0 Å². The van der Waals surface area contributed by atoms with Gasteiger partial charge in [0.2, 0.25) is 0 Å². The highest BCUT2D eigenvalue weighted by atomic mass is 16.6. The van der Waals surface area contributed by atoms with Crippen LogP contribution in [-0.4, -0.2) is 21.7 Å². The van der Waals surface area contributed by atoms with Crippen LogP contribution in [0.3, 0.4) is 0 Å². The van der Waals surface area contributed by atoms with E-state index in [1.54, 1.807) is 57.2 Å². The van der Waals surface area contributed by atoms with E-state index in [0.717, 1.165) is 5.56 Å². The second kappa shape index (κ2) is 7.00. The summed E-state index contributed by atoms with van der Waals surface area (Å²) in [7, 11) is 0. The van der Waals surface area contributed by atoms with Crippen molar-refractivity contribution in [2.45, 2.75) is 32.9 Å². The fourth-order valence-corrected chi connectivity index (χ4v) is 2.69. The molecule has 0 aliphatic carbocycles. The summed E-state index contributed by atoms with van der Waals surface area (Å²) >= 11 is 0. The Balaban J connectivity index is 2.00. The van der Waals surface area contributed by atoms with Gasteiger partial charge in [0.25, 0.3) is 0 Å². The Hall–Kier alpha value is -3.53. The summed E-state index contributed by atoms with van der Waals surface area (Å²) in [6.45, 7) is 5.62. The minimum atomic E-state index is -0.656. The molecule has 3 aromatic rings. The van der Waals surface area contributed by atoms with E-state index < -0.39 is 11.7 Å². The molecule has 0 spiro atoms. The number of nitrogens with zero attached hydrogens (tertiary/aromatic N) is 2. The van der Waals surface area contributed by atoms with Crippen molar-refractivity contribution in [2.75, 3.05) is 4.90 Å². The largest absolute Gasteiger partial charge is 0.443 e. The topological polar surface area (TPSA) is 102 Å². The molecule has 138 valence electrons. The molecule has 0 saturated heterocycles. The van der Waals surface area contributed by atoms with Gasteiger partial charge in [-0.25, -0.2) is 9.59 Å². The maximum absolute atomic E-state index is 12.8. The van der Waals surface area contributed by atoms with Crippen molar-refractivity contribution < 1.29 is 9.53 Å². The minimum Gasteiger partial charge on any atom is -0.443 e. The van der Waals surface area contributed by atoms with Crippen LogP contribution in [0, 0.1) is 11.3 Å². The molecule has 0 fully saturated rings. The van der Waals surface area contributed by atoms with E-state index >= 15 is 0 Å². The van der Waals surface area contributed by atoms with Gasteiger partial charge in [-0.05, 0) is 56.7 Å². The number of aromatic amines is 2. The molecule has 1 amide bonds. The van der Waals surface area contributed by atoms with Crippen molar-refractivity contribution in [1.29, 1.82) is 5.26 Å². The van der Waals surface area contributed by atoms with Crippen molar-refractivity contribution in [3.05, 3.63) is 64.1 Å². The van der Waals surface area contributed by atoms with Gasteiger partial charge in [0.15, 0.2) is 0 Å². The predicted octanol–water partition coefficient (Wildman–Crippen LogP) is 3.67. The SMILES string of the molecule is CC(C)(C)OC(=O)N(Cc1cccc(C#N)c1)c1ccc2[nH]c(=O)[nH]c2c1. The maximum atomic E-state index is 12.8. The number of aromatic nitrogens is 2. The smallest absolute Gasteiger partial charge is 0.415 e.